The van der Waals surface area contributed by atoms with Crippen molar-refractivity contribution in [1.29, 1.82) is 0 Å². The first kappa shape index (κ1) is 15.4. The molecule has 2 N–H and O–H groups in total. The van der Waals surface area contributed by atoms with Crippen molar-refractivity contribution < 1.29 is 8.42 Å². The Kier molecular flexibility index (Phi) is 3.74. The molecule has 0 fully saturated rings. The van der Waals surface area contributed by atoms with E-state index in [1.165, 1.54) is 6.20 Å². The summed E-state index contributed by atoms with van der Waals surface area (Å²) in [6.45, 7) is 0. The van der Waals surface area contributed by atoms with E-state index < -0.39 is 9.84 Å². The predicted octanol–water partition coefficient (Wildman–Crippen LogP) is 3.90. The zero-order valence-corrected chi connectivity index (χ0v) is 14.0. The monoisotopic (exact) mass is 349 g/mol. The van der Waals surface area contributed by atoms with Gasteiger partial charge in [-0.05, 0) is 5.56 Å². The number of aromatic nitrogens is 3. The van der Waals surface area contributed by atoms with E-state index in [-0.39, 0.29) is 9.92 Å². The lowest BCUT2D eigenvalue weighted by Gasteiger charge is -2.04. The Morgan fingerprint density at radius 3 is 2.12 bits per heavy atom. The molecule has 2 heterocycles. The number of nitrogens with one attached hydrogen (secondary N) is 2. The molecule has 4 aromatic rings. The van der Waals surface area contributed by atoms with Crippen molar-refractivity contribution in [2.75, 3.05) is 0 Å². The second-order valence-electron chi connectivity index (χ2n) is 5.59. The first-order valence-electron chi connectivity index (χ1n) is 7.74. The van der Waals surface area contributed by atoms with Crippen LogP contribution in [0.1, 0.15) is 0 Å². The van der Waals surface area contributed by atoms with Crippen LogP contribution in [0.5, 0.6) is 0 Å². The summed E-state index contributed by atoms with van der Waals surface area (Å²) < 4.78 is 26.1. The highest BCUT2D eigenvalue weighted by molar-refractivity contribution is 7.91. The summed E-state index contributed by atoms with van der Waals surface area (Å²) in [6.07, 6.45) is 3.19. The van der Waals surface area contributed by atoms with Gasteiger partial charge in [0.25, 0.3) is 0 Å². The van der Waals surface area contributed by atoms with E-state index in [0.29, 0.717) is 11.3 Å². The minimum atomic E-state index is -3.71. The number of sulfone groups is 1. The van der Waals surface area contributed by atoms with Crippen molar-refractivity contribution in [3.63, 3.8) is 0 Å². The van der Waals surface area contributed by atoms with Gasteiger partial charge in [-0.1, -0.05) is 60.7 Å². The molecule has 0 radical (unpaired) electrons. The van der Waals surface area contributed by atoms with E-state index in [0.717, 1.165) is 11.1 Å². The minimum absolute atomic E-state index is 0.0723. The molecule has 0 saturated carbocycles. The molecular weight excluding hydrogens is 334 g/mol. The van der Waals surface area contributed by atoms with Crippen LogP contribution in [-0.4, -0.2) is 23.6 Å². The SMILES string of the molecule is O=S(=O)(c1cc(-c2ccccc2)n[nH]1)c1c[nH]cc1-c1ccccc1. The number of rotatable bonds is 4. The first-order valence-corrected chi connectivity index (χ1v) is 9.23. The molecular formula is C19H15N3O2S. The van der Waals surface area contributed by atoms with Crippen LogP contribution in [0.25, 0.3) is 22.4 Å². The van der Waals surface area contributed by atoms with Gasteiger partial charge in [0, 0.05) is 29.6 Å². The van der Waals surface area contributed by atoms with E-state index in [4.69, 9.17) is 0 Å². The summed E-state index contributed by atoms with van der Waals surface area (Å²) in [7, 11) is -3.71. The van der Waals surface area contributed by atoms with Crippen molar-refractivity contribution in [2.24, 2.45) is 0 Å². The molecule has 25 heavy (non-hydrogen) atoms. The molecule has 0 unspecified atom stereocenters. The van der Waals surface area contributed by atoms with Crippen molar-refractivity contribution in [3.8, 4) is 22.4 Å². The van der Waals surface area contributed by atoms with E-state index >= 15 is 0 Å². The molecule has 124 valence electrons. The van der Waals surface area contributed by atoms with Crippen molar-refractivity contribution in [2.45, 2.75) is 9.92 Å². The molecule has 2 aromatic heterocycles. The maximum Gasteiger partial charge on any atom is 0.225 e. The second-order valence-corrected chi connectivity index (χ2v) is 7.47. The highest BCUT2D eigenvalue weighted by atomic mass is 32.2. The molecule has 0 amide bonds. The molecule has 0 bridgehead atoms. The second kappa shape index (κ2) is 6.07. The van der Waals surface area contributed by atoms with Gasteiger partial charge in [-0.15, -0.1) is 0 Å². The number of hydrogen-bond acceptors (Lipinski definition) is 3. The Balaban J connectivity index is 1.77. The first-order chi connectivity index (χ1) is 12.2. The Hall–Kier alpha value is -3.12. The summed E-state index contributed by atoms with van der Waals surface area (Å²) in [5.41, 5.74) is 2.93. The molecule has 0 atom stereocenters. The maximum atomic E-state index is 13.0. The Labute approximate surface area is 145 Å². The number of hydrogen-bond donors (Lipinski definition) is 2. The lowest BCUT2D eigenvalue weighted by Crippen LogP contribution is -2.02. The third-order valence-electron chi connectivity index (χ3n) is 4.00. The van der Waals surface area contributed by atoms with Gasteiger partial charge in [-0.2, -0.15) is 5.10 Å². The molecule has 0 saturated heterocycles. The molecule has 4 rings (SSSR count). The molecule has 5 nitrogen and oxygen atoms in total. The van der Waals surface area contributed by atoms with Crippen LogP contribution in [0.15, 0.2) is 89.0 Å². The van der Waals surface area contributed by atoms with E-state index in [9.17, 15) is 8.42 Å². The van der Waals surface area contributed by atoms with E-state index in [1.54, 1.807) is 12.3 Å². The fourth-order valence-electron chi connectivity index (χ4n) is 2.73. The van der Waals surface area contributed by atoms with Gasteiger partial charge in [0.2, 0.25) is 9.84 Å². The number of H-pyrrole nitrogens is 2. The predicted molar refractivity (Wildman–Crippen MR) is 95.7 cm³/mol. The molecule has 0 aliphatic heterocycles. The quantitative estimate of drug-likeness (QED) is 0.586. The Morgan fingerprint density at radius 2 is 1.44 bits per heavy atom. The summed E-state index contributed by atoms with van der Waals surface area (Å²) in [4.78, 5) is 3.12. The minimum Gasteiger partial charge on any atom is -0.366 e. The highest BCUT2D eigenvalue weighted by Gasteiger charge is 2.25. The Bertz CT molecular complexity index is 1100. The normalized spacial score (nSPS) is 11.5. The summed E-state index contributed by atoms with van der Waals surface area (Å²) in [5.74, 6) is 0. The van der Waals surface area contributed by atoms with Crippen LogP contribution in [0.2, 0.25) is 0 Å². The van der Waals surface area contributed by atoms with Crippen molar-refractivity contribution >= 4 is 9.84 Å². The van der Waals surface area contributed by atoms with Crippen LogP contribution in [0.3, 0.4) is 0 Å². The van der Waals surface area contributed by atoms with Crippen LogP contribution in [0, 0.1) is 0 Å². The van der Waals surface area contributed by atoms with E-state index in [1.807, 2.05) is 60.7 Å². The Morgan fingerprint density at radius 1 is 0.800 bits per heavy atom. The van der Waals surface area contributed by atoms with Crippen LogP contribution >= 0.6 is 0 Å². The lowest BCUT2D eigenvalue weighted by molar-refractivity contribution is 0.592. The average Bonchev–Trinajstić information content (AvgIpc) is 3.33. The van der Waals surface area contributed by atoms with Gasteiger partial charge in [-0.25, -0.2) is 8.42 Å². The number of benzene rings is 2. The number of aromatic amines is 2. The molecule has 6 heteroatoms. The topological polar surface area (TPSA) is 78.6 Å². The summed E-state index contributed by atoms with van der Waals surface area (Å²) >= 11 is 0. The van der Waals surface area contributed by atoms with Gasteiger partial charge in [0.15, 0.2) is 5.03 Å². The van der Waals surface area contributed by atoms with Gasteiger partial charge < -0.3 is 4.98 Å². The van der Waals surface area contributed by atoms with Gasteiger partial charge in [-0.3, -0.25) is 5.10 Å². The van der Waals surface area contributed by atoms with Crippen LogP contribution in [0.4, 0.5) is 0 Å². The summed E-state index contributed by atoms with van der Waals surface area (Å²) in [6, 6.07) is 20.4. The lowest BCUT2D eigenvalue weighted by atomic mass is 10.1. The van der Waals surface area contributed by atoms with Gasteiger partial charge in [0.05, 0.1) is 10.6 Å². The summed E-state index contributed by atoms with van der Waals surface area (Å²) in [5, 5.41) is 6.88. The molecule has 0 aliphatic carbocycles. The standard InChI is InChI=1S/C19H15N3O2S/c23-25(24,18-13-20-12-16(18)14-7-3-1-4-8-14)19-11-17(21-22-19)15-9-5-2-6-10-15/h1-13,20H,(H,21,22). The van der Waals surface area contributed by atoms with Crippen LogP contribution < -0.4 is 0 Å². The van der Waals surface area contributed by atoms with Crippen molar-refractivity contribution in [1.82, 2.24) is 15.2 Å². The van der Waals surface area contributed by atoms with Gasteiger partial charge in [0.1, 0.15) is 0 Å². The molecule has 2 aromatic carbocycles. The molecule has 0 spiro atoms. The molecule has 0 aliphatic rings. The smallest absolute Gasteiger partial charge is 0.225 e. The maximum absolute atomic E-state index is 13.0. The van der Waals surface area contributed by atoms with Crippen LogP contribution in [-0.2, 0) is 9.84 Å². The van der Waals surface area contributed by atoms with Crippen molar-refractivity contribution in [3.05, 3.63) is 79.1 Å². The average molecular weight is 349 g/mol. The zero-order valence-electron chi connectivity index (χ0n) is 13.2. The third-order valence-corrected chi connectivity index (χ3v) is 5.70. The fraction of sp³-hybridized carbons (Fsp3) is 0. The zero-order chi connectivity index (χ0) is 17.3. The van der Waals surface area contributed by atoms with Gasteiger partial charge >= 0.3 is 0 Å². The highest BCUT2D eigenvalue weighted by Crippen LogP contribution is 2.31. The third kappa shape index (κ3) is 2.77. The van der Waals surface area contributed by atoms with E-state index in [2.05, 4.69) is 15.2 Å². The largest absolute Gasteiger partial charge is 0.366 e. The number of nitrogens with zero attached hydrogens (tertiary/aromatic N) is 1. The fourth-order valence-corrected chi connectivity index (χ4v) is 4.09.